The monoisotopic (exact) mass is 417 g/mol. The quantitative estimate of drug-likeness (QED) is 0.694. The summed E-state index contributed by atoms with van der Waals surface area (Å²) in [5.41, 5.74) is 1.42. The molecule has 8 heteroatoms. The maximum absolute atomic E-state index is 13.3. The van der Waals surface area contributed by atoms with Crippen LogP contribution in [-0.2, 0) is 23.6 Å². The van der Waals surface area contributed by atoms with Crippen molar-refractivity contribution in [2.45, 2.75) is 43.2 Å². The lowest BCUT2D eigenvalue weighted by molar-refractivity contribution is 0.0720. The molecule has 4 rings (SSSR count). The van der Waals surface area contributed by atoms with Gasteiger partial charge in [-0.25, -0.2) is 8.42 Å². The summed E-state index contributed by atoms with van der Waals surface area (Å²) in [4.78, 5) is 15.4. The maximum Gasteiger partial charge on any atom is 0.271 e. The Labute approximate surface area is 171 Å². The molecule has 1 aromatic heterocycles. The summed E-state index contributed by atoms with van der Waals surface area (Å²) in [5.74, 6) is 0.644. The first-order valence-electron chi connectivity index (χ1n) is 10.0. The highest BCUT2D eigenvalue weighted by atomic mass is 32.2. The van der Waals surface area contributed by atoms with Crippen LogP contribution < -0.4 is 4.74 Å². The molecule has 7 nitrogen and oxygen atoms in total. The van der Waals surface area contributed by atoms with Gasteiger partial charge in [0.05, 0.1) is 7.11 Å². The topological polar surface area (TPSA) is 71.8 Å². The summed E-state index contributed by atoms with van der Waals surface area (Å²) in [5, 5.41) is 0. The van der Waals surface area contributed by atoms with Gasteiger partial charge in [-0.1, -0.05) is 12.1 Å². The number of methoxy groups -OCH3 is 1. The molecule has 0 radical (unpaired) electrons. The first kappa shape index (κ1) is 20.0. The smallest absolute Gasteiger partial charge is 0.271 e. The van der Waals surface area contributed by atoms with Gasteiger partial charge in [0.15, 0.2) is 0 Å². The Morgan fingerprint density at radius 2 is 1.83 bits per heavy atom. The first-order valence-corrected chi connectivity index (χ1v) is 11.4. The number of carbonyl (C=O) groups excluding carboxylic acids is 1. The molecule has 0 unspecified atom stereocenters. The van der Waals surface area contributed by atoms with E-state index in [2.05, 4.69) is 0 Å². The second-order valence-corrected chi connectivity index (χ2v) is 9.73. The van der Waals surface area contributed by atoms with Crippen molar-refractivity contribution in [3.8, 4) is 5.75 Å². The second kappa shape index (κ2) is 7.84. The Morgan fingerprint density at radius 3 is 2.41 bits per heavy atom. The highest BCUT2D eigenvalue weighted by Crippen LogP contribution is 2.31. The number of benzene rings is 1. The van der Waals surface area contributed by atoms with E-state index in [9.17, 15) is 13.2 Å². The molecule has 29 heavy (non-hydrogen) atoms. The van der Waals surface area contributed by atoms with Crippen LogP contribution in [0.3, 0.4) is 0 Å². The van der Waals surface area contributed by atoms with Crippen LogP contribution in [-0.4, -0.2) is 54.3 Å². The van der Waals surface area contributed by atoms with E-state index in [0.717, 1.165) is 37.0 Å². The molecule has 156 valence electrons. The Hall–Kier alpha value is -2.32. The number of aromatic nitrogens is 1. The molecule has 1 aliphatic carbocycles. The van der Waals surface area contributed by atoms with Gasteiger partial charge in [-0.15, -0.1) is 0 Å². The zero-order valence-corrected chi connectivity index (χ0v) is 17.7. The van der Waals surface area contributed by atoms with Crippen molar-refractivity contribution in [3.63, 3.8) is 0 Å². The van der Waals surface area contributed by atoms with Gasteiger partial charge in [0, 0.05) is 38.9 Å². The fraction of sp³-hybridized carbons (Fsp3) is 0.476. The fourth-order valence-electron chi connectivity index (χ4n) is 3.79. The number of carbonyl (C=O) groups is 1. The molecular weight excluding hydrogens is 390 g/mol. The van der Waals surface area contributed by atoms with Gasteiger partial charge >= 0.3 is 0 Å². The highest BCUT2D eigenvalue weighted by Gasteiger charge is 2.35. The zero-order valence-electron chi connectivity index (χ0n) is 16.9. The molecular formula is C21H27N3O4S. The third-order valence-electron chi connectivity index (χ3n) is 5.66. The normalized spacial score (nSPS) is 17.4. The minimum atomic E-state index is -3.54. The van der Waals surface area contributed by atoms with Crippen LogP contribution in [0.1, 0.15) is 41.7 Å². The van der Waals surface area contributed by atoms with E-state index in [1.54, 1.807) is 24.9 Å². The van der Waals surface area contributed by atoms with E-state index in [0.29, 0.717) is 25.3 Å². The van der Waals surface area contributed by atoms with E-state index >= 15 is 0 Å². The number of ether oxygens (including phenoxy) is 1. The van der Waals surface area contributed by atoms with Crippen LogP contribution in [0.15, 0.2) is 41.4 Å². The Bertz CT molecular complexity index is 987. The number of amides is 1. The van der Waals surface area contributed by atoms with E-state index < -0.39 is 10.0 Å². The predicted octanol–water partition coefficient (Wildman–Crippen LogP) is 2.62. The van der Waals surface area contributed by atoms with E-state index in [4.69, 9.17) is 4.74 Å². The van der Waals surface area contributed by atoms with Crippen LogP contribution >= 0.6 is 0 Å². The summed E-state index contributed by atoms with van der Waals surface area (Å²) in [7, 11) is -0.189. The molecule has 0 bridgehead atoms. The average Bonchev–Trinajstić information content (AvgIpc) is 3.23. The van der Waals surface area contributed by atoms with Gasteiger partial charge in [0.2, 0.25) is 10.0 Å². The van der Waals surface area contributed by atoms with Crippen LogP contribution in [0, 0.1) is 0 Å². The lowest BCUT2D eigenvalue weighted by Crippen LogP contribution is -2.33. The zero-order chi connectivity index (χ0) is 20.6. The van der Waals surface area contributed by atoms with Gasteiger partial charge < -0.3 is 14.2 Å². The van der Waals surface area contributed by atoms with Crippen molar-refractivity contribution < 1.29 is 17.9 Å². The van der Waals surface area contributed by atoms with E-state index in [-0.39, 0.29) is 16.8 Å². The number of sulfonamides is 1. The lowest BCUT2D eigenvalue weighted by Gasteiger charge is -2.23. The third kappa shape index (κ3) is 4.04. The lowest BCUT2D eigenvalue weighted by atomic mass is 10.2. The Kier molecular flexibility index (Phi) is 5.40. The molecule has 2 heterocycles. The standard InChI is InChI=1S/C21H27N3O4S/c1-22-15-19(29(26,27)23-11-3-4-12-23)13-20(22)21(25)24(17-7-8-17)14-16-5-9-18(28-2)10-6-16/h5-6,9-10,13,15,17H,3-4,7-8,11-12,14H2,1-2H3. The van der Waals surface area contributed by atoms with Gasteiger partial charge in [-0.2, -0.15) is 4.31 Å². The molecule has 0 spiro atoms. The summed E-state index contributed by atoms with van der Waals surface area (Å²) < 4.78 is 34.1. The molecule has 2 aromatic rings. The molecule has 1 saturated carbocycles. The van der Waals surface area contributed by atoms with Gasteiger partial charge in [-0.05, 0) is 49.4 Å². The molecule has 1 aromatic carbocycles. The maximum atomic E-state index is 13.3. The fourth-order valence-corrected chi connectivity index (χ4v) is 5.38. The summed E-state index contributed by atoms with van der Waals surface area (Å²) in [6.45, 7) is 1.59. The highest BCUT2D eigenvalue weighted by molar-refractivity contribution is 7.89. The van der Waals surface area contributed by atoms with E-state index in [1.165, 1.54) is 10.4 Å². The van der Waals surface area contributed by atoms with Crippen molar-refractivity contribution in [3.05, 3.63) is 47.8 Å². The van der Waals surface area contributed by atoms with Crippen molar-refractivity contribution in [2.24, 2.45) is 7.05 Å². The molecule has 1 aliphatic heterocycles. The molecule has 0 atom stereocenters. The Morgan fingerprint density at radius 1 is 1.17 bits per heavy atom. The third-order valence-corrected chi connectivity index (χ3v) is 7.53. The van der Waals surface area contributed by atoms with Gasteiger partial charge in [0.1, 0.15) is 16.3 Å². The predicted molar refractivity (Wildman–Crippen MR) is 109 cm³/mol. The number of nitrogens with zero attached hydrogens (tertiary/aromatic N) is 3. The van der Waals surface area contributed by atoms with E-state index in [1.807, 2.05) is 29.2 Å². The van der Waals surface area contributed by atoms with Crippen LogP contribution in [0.5, 0.6) is 5.75 Å². The molecule has 0 N–H and O–H groups in total. The van der Waals surface area contributed by atoms with Gasteiger partial charge in [0.25, 0.3) is 5.91 Å². The Balaban J connectivity index is 1.57. The average molecular weight is 418 g/mol. The summed E-state index contributed by atoms with van der Waals surface area (Å²) in [6.07, 6.45) is 5.28. The van der Waals surface area contributed by atoms with Crippen LogP contribution in [0.2, 0.25) is 0 Å². The molecule has 2 aliphatic rings. The van der Waals surface area contributed by atoms with Crippen molar-refractivity contribution in [1.29, 1.82) is 0 Å². The molecule has 1 amide bonds. The number of aryl methyl sites for hydroxylation is 1. The van der Waals surface area contributed by atoms with Crippen molar-refractivity contribution >= 4 is 15.9 Å². The minimum absolute atomic E-state index is 0.131. The number of hydrogen-bond donors (Lipinski definition) is 0. The number of hydrogen-bond acceptors (Lipinski definition) is 4. The van der Waals surface area contributed by atoms with Crippen molar-refractivity contribution in [1.82, 2.24) is 13.8 Å². The number of rotatable bonds is 7. The van der Waals surface area contributed by atoms with Crippen molar-refractivity contribution in [2.75, 3.05) is 20.2 Å². The SMILES string of the molecule is COc1ccc(CN(C(=O)c2cc(S(=O)(=O)N3CCCC3)cn2C)C2CC2)cc1. The molecule has 2 fully saturated rings. The second-order valence-electron chi connectivity index (χ2n) is 7.80. The first-order chi connectivity index (χ1) is 13.9. The van der Waals surface area contributed by atoms with Crippen LogP contribution in [0.25, 0.3) is 0 Å². The van der Waals surface area contributed by atoms with Gasteiger partial charge in [-0.3, -0.25) is 4.79 Å². The minimum Gasteiger partial charge on any atom is -0.497 e. The molecule has 1 saturated heterocycles. The summed E-state index contributed by atoms with van der Waals surface area (Å²) in [6, 6.07) is 9.41. The largest absolute Gasteiger partial charge is 0.497 e. The summed E-state index contributed by atoms with van der Waals surface area (Å²) >= 11 is 0. The van der Waals surface area contributed by atoms with Crippen LogP contribution in [0.4, 0.5) is 0 Å².